The van der Waals surface area contributed by atoms with Crippen LogP contribution >= 0.6 is 0 Å². The molecule has 0 heterocycles. The van der Waals surface area contributed by atoms with Crippen LogP contribution in [0.1, 0.15) is 38.2 Å². The van der Waals surface area contributed by atoms with E-state index in [-0.39, 0.29) is 12.7 Å². The van der Waals surface area contributed by atoms with Crippen molar-refractivity contribution in [2.24, 2.45) is 5.92 Å². The van der Waals surface area contributed by atoms with Gasteiger partial charge >= 0.3 is 0 Å². The maximum atomic E-state index is 9.17. The first-order valence-corrected chi connectivity index (χ1v) is 6.67. The molecule has 1 aromatic rings. The van der Waals surface area contributed by atoms with Crippen molar-refractivity contribution >= 4 is 0 Å². The highest BCUT2D eigenvalue weighted by Gasteiger charge is 2.20. The molecule has 0 saturated heterocycles. The summed E-state index contributed by atoms with van der Waals surface area (Å²) in [6.07, 6.45) is 4.95. The van der Waals surface area contributed by atoms with Crippen molar-refractivity contribution < 1.29 is 14.6 Å². The molecule has 1 saturated carbocycles. The smallest absolute Gasteiger partial charge is 0.161 e. The summed E-state index contributed by atoms with van der Waals surface area (Å²) in [5.41, 5.74) is 0.856. The Morgan fingerprint density at radius 1 is 1.17 bits per heavy atom. The van der Waals surface area contributed by atoms with Gasteiger partial charge in [-0.3, -0.25) is 0 Å². The molecule has 0 unspecified atom stereocenters. The minimum Gasteiger partial charge on any atom is -0.493 e. The lowest BCUT2D eigenvalue weighted by atomic mass is 9.89. The monoisotopic (exact) mass is 250 g/mol. The minimum atomic E-state index is 0.0298. The number of benzene rings is 1. The Balaban J connectivity index is 2.07. The lowest BCUT2D eigenvalue weighted by Gasteiger charge is -2.27. The molecule has 1 aliphatic rings. The van der Waals surface area contributed by atoms with Gasteiger partial charge in [0.25, 0.3) is 0 Å². The molecule has 3 nitrogen and oxygen atoms in total. The molecule has 1 aliphatic carbocycles. The highest BCUT2D eigenvalue weighted by Crippen LogP contribution is 2.33. The molecule has 0 bridgehead atoms. The Morgan fingerprint density at radius 3 is 2.50 bits per heavy atom. The molecular formula is C15H22O3. The van der Waals surface area contributed by atoms with Gasteiger partial charge in [-0.05, 0) is 49.3 Å². The molecule has 0 radical (unpaired) electrons. The van der Waals surface area contributed by atoms with E-state index >= 15 is 0 Å². The van der Waals surface area contributed by atoms with Crippen LogP contribution in [0.3, 0.4) is 0 Å². The molecule has 0 spiro atoms. The largest absolute Gasteiger partial charge is 0.493 e. The molecule has 0 aliphatic heterocycles. The summed E-state index contributed by atoms with van der Waals surface area (Å²) in [6, 6.07) is 5.58. The summed E-state index contributed by atoms with van der Waals surface area (Å²) >= 11 is 0. The summed E-state index contributed by atoms with van der Waals surface area (Å²) in [5, 5.41) is 9.17. The number of aliphatic hydroxyl groups excluding tert-OH is 1. The van der Waals surface area contributed by atoms with Crippen molar-refractivity contribution in [1.82, 2.24) is 0 Å². The van der Waals surface area contributed by atoms with Crippen LogP contribution in [-0.2, 0) is 6.61 Å². The number of methoxy groups -OCH3 is 1. The van der Waals surface area contributed by atoms with Crippen LogP contribution in [0.4, 0.5) is 0 Å². The summed E-state index contributed by atoms with van der Waals surface area (Å²) in [4.78, 5) is 0. The standard InChI is InChI=1S/C15H22O3/c1-11-3-6-13(7-4-11)18-15-9-12(10-16)5-8-14(15)17-2/h5,8-9,11,13,16H,3-4,6-7,10H2,1-2H3. The van der Waals surface area contributed by atoms with Gasteiger partial charge in [-0.25, -0.2) is 0 Å². The summed E-state index contributed by atoms with van der Waals surface area (Å²) in [7, 11) is 1.64. The van der Waals surface area contributed by atoms with Gasteiger partial charge in [-0.1, -0.05) is 13.0 Å². The van der Waals surface area contributed by atoms with Crippen molar-refractivity contribution in [2.75, 3.05) is 7.11 Å². The Hall–Kier alpha value is -1.22. The van der Waals surface area contributed by atoms with Crippen molar-refractivity contribution in [1.29, 1.82) is 0 Å². The Labute approximate surface area is 109 Å². The summed E-state index contributed by atoms with van der Waals surface area (Å²) < 4.78 is 11.3. The molecule has 1 fully saturated rings. The Morgan fingerprint density at radius 2 is 1.89 bits per heavy atom. The van der Waals surface area contributed by atoms with E-state index in [2.05, 4.69) is 6.92 Å². The lowest BCUT2D eigenvalue weighted by molar-refractivity contribution is 0.131. The molecule has 2 rings (SSSR count). The van der Waals surface area contributed by atoms with Gasteiger partial charge in [0.05, 0.1) is 19.8 Å². The fraction of sp³-hybridized carbons (Fsp3) is 0.600. The summed E-state index contributed by atoms with van der Waals surface area (Å²) in [5.74, 6) is 2.31. The van der Waals surface area contributed by atoms with E-state index in [1.165, 1.54) is 12.8 Å². The Kier molecular flexibility index (Phi) is 4.48. The first-order valence-electron chi connectivity index (χ1n) is 6.67. The zero-order chi connectivity index (χ0) is 13.0. The van der Waals surface area contributed by atoms with Gasteiger partial charge in [-0.15, -0.1) is 0 Å². The van der Waals surface area contributed by atoms with Gasteiger partial charge < -0.3 is 14.6 Å². The average Bonchev–Trinajstić information content (AvgIpc) is 2.41. The number of hydrogen-bond acceptors (Lipinski definition) is 3. The van der Waals surface area contributed by atoms with E-state index in [0.29, 0.717) is 0 Å². The molecule has 3 heteroatoms. The third-order valence-electron chi connectivity index (χ3n) is 3.67. The van der Waals surface area contributed by atoms with Crippen molar-refractivity contribution in [3.8, 4) is 11.5 Å². The number of ether oxygens (including phenoxy) is 2. The number of aliphatic hydroxyl groups is 1. The maximum Gasteiger partial charge on any atom is 0.161 e. The highest BCUT2D eigenvalue weighted by atomic mass is 16.5. The van der Waals surface area contributed by atoms with Gasteiger partial charge in [-0.2, -0.15) is 0 Å². The van der Waals surface area contributed by atoms with E-state index in [9.17, 15) is 0 Å². The molecule has 100 valence electrons. The SMILES string of the molecule is COc1ccc(CO)cc1OC1CCC(C)CC1. The normalized spacial score (nSPS) is 23.7. The van der Waals surface area contributed by atoms with E-state index in [4.69, 9.17) is 14.6 Å². The zero-order valence-corrected chi connectivity index (χ0v) is 11.2. The van der Waals surface area contributed by atoms with Crippen LogP contribution in [0.15, 0.2) is 18.2 Å². The summed E-state index contributed by atoms with van der Waals surface area (Å²) in [6.45, 7) is 2.32. The van der Waals surface area contributed by atoms with Crippen molar-refractivity contribution in [2.45, 2.75) is 45.3 Å². The average molecular weight is 250 g/mol. The second-order valence-electron chi connectivity index (χ2n) is 5.14. The quantitative estimate of drug-likeness (QED) is 0.892. The van der Waals surface area contributed by atoms with Gasteiger partial charge in [0.1, 0.15) is 0 Å². The maximum absolute atomic E-state index is 9.17. The van der Waals surface area contributed by atoms with E-state index < -0.39 is 0 Å². The molecule has 0 amide bonds. The first-order chi connectivity index (χ1) is 8.72. The third kappa shape index (κ3) is 3.16. The fourth-order valence-corrected chi connectivity index (χ4v) is 2.44. The Bertz CT molecular complexity index is 381. The highest BCUT2D eigenvalue weighted by molar-refractivity contribution is 5.42. The van der Waals surface area contributed by atoms with Gasteiger partial charge in [0.2, 0.25) is 0 Å². The lowest BCUT2D eigenvalue weighted by Crippen LogP contribution is -2.23. The second-order valence-corrected chi connectivity index (χ2v) is 5.14. The zero-order valence-electron chi connectivity index (χ0n) is 11.2. The predicted molar refractivity (Wildman–Crippen MR) is 71.0 cm³/mol. The minimum absolute atomic E-state index is 0.0298. The van der Waals surface area contributed by atoms with Crippen LogP contribution in [-0.4, -0.2) is 18.3 Å². The topological polar surface area (TPSA) is 38.7 Å². The van der Waals surface area contributed by atoms with Crippen molar-refractivity contribution in [3.05, 3.63) is 23.8 Å². The fourth-order valence-electron chi connectivity index (χ4n) is 2.44. The molecule has 0 aromatic heterocycles. The van der Waals surface area contributed by atoms with Crippen LogP contribution < -0.4 is 9.47 Å². The molecule has 18 heavy (non-hydrogen) atoms. The predicted octanol–water partition coefficient (Wildman–Crippen LogP) is 3.15. The van der Waals surface area contributed by atoms with Crippen LogP contribution in [0.25, 0.3) is 0 Å². The van der Waals surface area contributed by atoms with Crippen LogP contribution in [0.2, 0.25) is 0 Å². The molecule has 0 atom stereocenters. The van der Waals surface area contributed by atoms with Gasteiger partial charge in [0, 0.05) is 0 Å². The molecule has 1 aromatic carbocycles. The van der Waals surface area contributed by atoms with E-state index in [0.717, 1.165) is 35.8 Å². The first kappa shape index (κ1) is 13.2. The number of hydrogen-bond donors (Lipinski definition) is 1. The van der Waals surface area contributed by atoms with Crippen LogP contribution in [0, 0.1) is 5.92 Å². The second kappa shape index (κ2) is 6.10. The van der Waals surface area contributed by atoms with Crippen LogP contribution in [0.5, 0.6) is 11.5 Å². The van der Waals surface area contributed by atoms with E-state index in [1.54, 1.807) is 7.11 Å². The van der Waals surface area contributed by atoms with E-state index in [1.807, 2.05) is 18.2 Å². The molecule has 1 N–H and O–H groups in total. The molecular weight excluding hydrogens is 228 g/mol. The number of rotatable bonds is 4. The third-order valence-corrected chi connectivity index (χ3v) is 3.67. The van der Waals surface area contributed by atoms with Gasteiger partial charge in [0.15, 0.2) is 11.5 Å². The van der Waals surface area contributed by atoms with Crippen molar-refractivity contribution in [3.63, 3.8) is 0 Å².